The van der Waals surface area contributed by atoms with Gasteiger partial charge in [-0.2, -0.15) is 0 Å². The van der Waals surface area contributed by atoms with Gasteiger partial charge >= 0.3 is 0 Å². The van der Waals surface area contributed by atoms with Crippen LogP contribution < -0.4 is 10.2 Å². The number of anilines is 2. The maximum Gasteiger partial charge on any atom is 0.257 e. The molecule has 0 spiro atoms. The number of amides is 2. The van der Waals surface area contributed by atoms with Crippen LogP contribution in [0.5, 0.6) is 0 Å². The molecule has 2 aromatic heterocycles. The fraction of sp³-hybridized carbons (Fsp3) is 0.227. The van der Waals surface area contributed by atoms with Crippen LogP contribution in [0.4, 0.5) is 11.6 Å². The monoisotopic (exact) mass is 436 g/mol. The van der Waals surface area contributed by atoms with Crippen molar-refractivity contribution in [3.8, 4) is 0 Å². The molecule has 0 saturated carbocycles. The van der Waals surface area contributed by atoms with E-state index in [2.05, 4.69) is 25.2 Å². The van der Waals surface area contributed by atoms with Crippen molar-refractivity contribution in [1.82, 2.24) is 19.9 Å². The molecule has 0 bridgehead atoms. The number of hydrogen-bond donors (Lipinski definition) is 1. The van der Waals surface area contributed by atoms with Crippen LogP contribution in [0.25, 0.3) is 0 Å². The first kappa shape index (κ1) is 20.7. The highest BCUT2D eigenvalue weighted by atomic mass is 35.5. The van der Waals surface area contributed by atoms with E-state index in [4.69, 9.17) is 11.6 Å². The van der Waals surface area contributed by atoms with Gasteiger partial charge in [-0.15, -0.1) is 0 Å². The van der Waals surface area contributed by atoms with E-state index in [1.165, 1.54) is 6.20 Å². The normalized spacial score (nSPS) is 13.7. The van der Waals surface area contributed by atoms with Gasteiger partial charge in [0.25, 0.3) is 5.91 Å². The van der Waals surface area contributed by atoms with E-state index >= 15 is 0 Å². The lowest BCUT2D eigenvalue weighted by molar-refractivity contribution is -0.130. The summed E-state index contributed by atoms with van der Waals surface area (Å²) in [4.78, 5) is 41.3. The fourth-order valence-electron chi connectivity index (χ4n) is 3.32. The maximum absolute atomic E-state index is 12.7. The average molecular weight is 437 g/mol. The molecule has 1 aliphatic rings. The molecule has 0 unspecified atom stereocenters. The van der Waals surface area contributed by atoms with Gasteiger partial charge in [0.05, 0.1) is 12.0 Å². The number of nitrogens with zero attached hydrogens (tertiary/aromatic N) is 5. The summed E-state index contributed by atoms with van der Waals surface area (Å²) >= 11 is 5.75. The van der Waals surface area contributed by atoms with Crippen molar-refractivity contribution >= 4 is 35.1 Å². The van der Waals surface area contributed by atoms with Gasteiger partial charge in [-0.05, 0) is 35.9 Å². The summed E-state index contributed by atoms with van der Waals surface area (Å²) in [5, 5.41) is 3.14. The number of nitrogens with one attached hydrogen (secondary N) is 1. The Morgan fingerprint density at radius 3 is 2.29 bits per heavy atom. The standard InChI is InChI=1S/C22H21ClN6O2/c23-19-7-4-17(15-26-19)21(31)27-18-5-2-16(3-6-18)14-20(30)28-10-12-29(13-11-28)22-24-8-1-9-25-22/h1-9,15H,10-14H2,(H,27,31). The van der Waals surface area contributed by atoms with Crippen LogP contribution in [-0.4, -0.2) is 57.8 Å². The van der Waals surface area contributed by atoms with Crippen LogP contribution in [-0.2, 0) is 11.2 Å². The zero-order valence-electron chi connectivity index (χ0n) is 16.7. The lowest BCUT2D eigenvalue weighted by Gasteiger charge is -2.34. The van der Waals surface area contributed by atoms with Crippen molar-refractivity contribution in [2.45, 2.75) is 6.42 Å². The maximum atomic E-state index is 12.7. The van der Waals surface area contributed by atoms with E-state index in [0.29, 0.717) is 55.0 Å². The Balaban J connectivity index is 1.28. The predicted octanol–water partition coefficient (Wildman–Crippen LogP) is 2.67. The van der Waals surface area contributed by atoms with Crippen LogP contribution in [0.2, 0.25) is 5.15 Å². The van der Waals surface area contributed by atoms with Gasteiger partial charge in [0.15, 0.2) is 0 Å². The number of benzene rings is 1. The summed E-state index contributed by atoms with van der Waals surface area (Å²) in [6.45, 7) is 2.70. The Morgan fingerprint density at radius 2 is 1.65 bits per heavy atom. The highest BCUT2D eigenvalue weighted by molar-refractivity contribution is 6.29. The van der Waals surface area contributed by atoms with E-state index in [-0.39, 0.29) is 11.8 Å². The third-order valence-electron chi connectivity index (χ3n) is 5.02. The first-order valence-electron chi connectivity index (χ1n) is 9.90. The van der Waals surface area contributed by atoms with Crippen molar-refractivity contribution in [3.63, 3.8) is 0 Å². The van der Waals surface area contributed by atoms with E-state index in [1.807, 2.05) is 17.0 Å². The minimum absolute atomic E-state index is 0.0812. The second-order valence-electron chi connectivity index (χ2n) is 7.11. The van der Waals surface area contributed by atoms with Crippen LogP contribution >= 0.6 is 11.6 Å². The lowest BCUT2D eigenvalue weighted by atomic mass is 10.1. The molecule has 158 valence electrons. The molecule has 8 nitrogen and oxygen atoms in total. The third-order valence-corrected chi connectivity index (χ3v) is 5.25. The first-order chi connectivity index (χ1) is 15.1. The second kappa shape index (κ2) is 9.53. The van der Waals surface area contributed by atoms with Crippen LogP contribution in [0.15, 0.2) is 61.1 Å². The summed E-state index contributed by atoms with van der Waals surface area (Å²) in [6, 6.07) is 12.2. The lowest BCUT2D eigenvalue weighted by Crippen LogP contribution is -2.49. The van der Waals surface area contributed by atoms with Gasteiger partial charge in [0, 0.05) is 50.5 Å². The molecule has 4 rings (SSSR count). The first-order valence-corrected chi connectivity index (χ1v) is 10.3. The van der Waals surface area contributed by atoms with Gasteiger partial charge in [0.1, 0.15) is 5.15 Å². The van der Waals surface area contributed by atoms with Crippen LogP contribution in [0, 0.1) is 0 Å². The zero-order chi connectivity index (χ0) is 21.6. The summed E-state index contributed by atoms with van der Waals surface area (Å²) < 4.78 is 0. The van der Waals surface area contributed by atoms with Crippen LogP contribution in [0.1, 0.15) is 15.9 Å². The molecule has 0 aliphatic carbocycles. The van der Waals surface area contributed by atoms with Crippen LogP contribution in [0.3, 0.4) is 0 Å². The van der Waals surface area contributed by atoms with Crippen molar-refractivity contribution in [1.29, 1.82) is 0 Å². The quantitative estimate of drug-likeness (QED) is 0.618. The minimum atomic E-state index is -0.270. The Morgan fingerprint density at radius 1 is 0.935 bits per heavy atom. The van der Waals surface area contributed by atoms with E-state index in [0.717, 1.165) is 5.56 Å². The zero-order valence-corrected chi connectivity index (χ0v) is 17.5. The number of piperazine rings is 1. The molecule has 2 amide bonds. The molecule has 31 heavy (non-hydrogen) atoms. The van der Waals surface area contributed by atoms with Crippen molar-refractivity contribution in [2.75, 3.05) is 36.4 Å². The van der Waals surface area contributed by atoms with E-state index in [9.17, 15) is 9.59 Å². The fourth-order valence-corrected chi connectivity index (χ4v) is 3.43. The molecule has 1 aromatic carbocycles. The number of hydrogen-bond acceptors (Lipinski definition) is 6. The smallest absolute Gasteiger partial charge is 0.257 e. The Bertz CT molecular complexity index is 1040. The third kappa shape index (κ3) is 5.35. The average Bonchev–Trinajstić information content (AvgIpc) is 2.81. The summed E-state index contributed by atoms with van der Waals surface area (Å²) in [7, 11) is 0. The summed E-state index contributed by atoms with van der Waals surface area (Å²) in [5.41, 5.74) is 1.96. The number of halogens is 1. The topological polar surface area (TPSA) is 91.3 Å². The van der Waals surface area contributed by atoms with Gasteiger partial charge in [-0.25, -0.2) is 15.0 Å². The number of aromatic nitrogens is 3. The largest absolute Gasteiger partial charge is 0.339 e. The number of pyridine rings is 1. The molecule has 1 saturated heterocycles. The van der Waals surface area contributed by atoms with Gasteiger partial charge in [-0.1, -0.05) is 23.7 Å². The molecule has 1 fully saturated rings. The molecule has 0 atom stereocenters. The Kier molecular flexibility index (Phi) is 6.37. The second-order valence-corrected chi connectivity index (χ2v) is 7.50. The minimum Gasteiger partial charge on any atom is -0.339 e. The summed E-state index contributed by atoms with van der Waals surface area (Å²) in [5.74, 6) is 0.507. The highest BCUT2D eigenvalue weighted by Crippen LogP contribution is 2.15. The molecule has 1 aliphatic heterocycles. The SMILES string of the molecule is O=C(Nc1ccc(CC(=O)N2CCN(c3ncccn3)CC2)cc1)c1ccc(Cl)nc1. The molecular weight excluding hydrogens is 416 g/mol. The van der Waals surface area contributed by atoms with E-state index < -0.39 is 0 Å². The van der Waals surface area contributed by atoms with Gasteiger partial charge in [-0.3, -0.25) is 9.59 Å². The van der Waals surface area contributed by atoms with Gasteiger partial charge in [0.2, 0.25) is 11.9 Å². The number of carbonyl (C=O) groups is 2. The van der Waals surface area contributed by atoms with Crippen molar-refractivity contribution in [3.05, 3.63) is 77.3 Å². The number of carbonyl (C=O) groups excluding carboxylic acids is 2. The molecule has 0 radical (unpaired) electrons. The molecule has 9 heteroatoms. The molecular formula is C22H21ClN6O2. The summed E-state index contributed by atoms with van der Waals surface area (Å²) in [6.07, 6.45) is 5.18. The Labute approximate surface area is 184 Å². The van der Waals surface area contributed by atoms with Gasteiger partial charge < -0.3 is 15.1 Å². The number of rotatable bonds is 5. The van der Waals surface area contributed by atoms with E-state index in [1.54, 1.807) is 42.7 Å². The Hall–Kier alpha value is -3.52. The molecule has 1 N–H and O–H groups in total. The van der Waals surface area contributed by atoms with Crippen molar-refractivity contribution < 1.29 is 9.59 Å². The highest BCUT2D eigenvalue weighted by Gasteiger charge is 2.22. The predicted molar refractivity (Wildman–Crippen MR) is 118 cm³/mol. The molecule has 3 aromatic rings. The van der Waals surface area contributed by atoms with Crippen molar-refractivity contribution in [2.24, 2.45) is 0 Å². The molecule has 3 heterocycles.